The highest BCUT2D eigenvalue weighted by Crippen LogP contribution is 2.17. The van der Waals surface area contributed by atoms with Crippen molar-refractivity contribution in [2.75, 3.05) is 10.6 Å². The summed E-state index contributed by atoms with van der Waals surface area (Å²) in [6.07, 6.45) is 1.26. The number of nitrogens with one attached hydrogen (secondary N) is 2. The van der Waals surface area contributed by atoms with E-state index < -0.39 is 11.7 Å². The van der Waals surface area contributed by atoms with Crippen LogP contribution in [0.5, 0.6) is 0 Å². The summed E-state index contributed by atoms with van der Waals surface area (Å²) in [5.41, 5.74) is 1.94. The maximum absolute atomic E-state index is 11.8. The Morgan fingerprint density at radius 1 is 1.22 bits per heavy atom. The number of benzene rings is 1. The van der Waals surface area contributed by atoms with Gasteiger partial charge in [0, 0.05) is 17.6 Å². The molecule has 23 heavy (non-hydrogen) atoms. The summed E-state index contributed by atoms with van der Waals surface area (Å²) < 4.78 is 5.24. The first-order valence-corrected chi connectivity index (χ1v) is 7.44. The van der Waals surface area contributed by atoms with Crippen LogP contribution in [-0.4, -0.2) is 21.7 Å². The van der Waals surface area contributed by atoms with Gasteiger partial charge in [0.25, 0.3) is 0 Å². The number of carbonyl (C=O) groups excluding carboxylic acids is 1. The lowest BCUT2D eigenvalue weighted by Crippen LogP contribution is -2.27. The van der Waals surface area contributed by atoms with E-state index >= 15 is 0 Å². The Bertz CT molecular complexity index is 680. The predicted octanol–water partition coefficient (Wildman–Crippen LogP) is 3.74. The molecule has 1 heterocycles. The van der Waals surface area contributed by atoms with Crippen molar-refractivity contribution in [1.82, 2.24) is 9.97 Å². The van der Waals surface area contributed by atoms with Crippen LogP contribution in [0.25, 0.3) is 0 Å². The van der Waals surface area contributed by atoms with Crippen molar-refractivity contribution < 1.29 is 9.53 Å². The predicted molar refractivity (Wildman–Crippen MR) is 90.4 cm³/mol. The number of hydrogen-bond donors (Lipinski definition) is 2. The van der Waals surface area contributed by atoms with Gasteiger partial charge in [0.1, 0.15) is 11.4 Å². The van der Waals surface area contributed by atoms with Crippen LogP contribution in [0.4, 0.5) is 16.2 Å². The van der Waals surface area contributed by atoms with Crippen molar-refractivity contribution in [3.8, 4) is 0 Å². The van der Waals surface area contributed by atoms with E-state index in [0.717, 1.165) is 17.2 Å². The lowest BCUT2D eigenvalue weighted by molar-refractivity contribution is 0.0636. The molecule has 6 nitrogen and oxygen atoms in total. The minimum atomic E-state index is -0.523. The molecule has 0 saturated heterocycles. The topological polar surface area (TPSA) is 76.1 Å². The summed E-state index contributed by atoms with van der Waals surface area (Å²) in [5.74, 6) is 0.740. The van der Waals surface area contributed by atoms with E-state index in [-0.39, 0.29) is 0 Å². The maximum atomic E-state index is 11.8. The molecule has 2 N–H and O–H groups in total. The number of amides is 1. The Labute approximate surface area is 136 Å². The molecular formula is C17H22N4O2. The summed E-state index contributed by atoms with van der Waals surface area (Å²) in [6.45, 7) is 7.92. The highest BCUT2D eigenvalue weighted by atomic mass is 16.6. The number of ether oxygens (including phenoxy) is 1. The number of hydrogen-bond acceptors (Lipinski definition) is 5. The second-order valence-electron chi connectivity index (χ2n) is 6.16. The van der Waals surface area contributed by atoms with Gasteiger partial charge >= 0.3 is 6.09 Å². The van der Waals surface area contributed by atoms with Crippen LogP contribution in [0.15, 0.2) is 36.5 Å². The normalized spacial score (nSPS) is 11.0. The third kappa shape index (κ3) is 5.94. The van der Waals surface area contributed by atoms with Gasteiger partial charge in [-0.25, -0.2) is 14.8 Å². The Balaban J connectivity index is 1.95. The minimum absolute atomic E-state index is 0.471. The van der Waals surface area contributed by atoms with Gasteiger partial charge in [-0.1, -0.05) is 6.07 Å². The number of aromatic nitrogens is 2. The van der Waals surface area contributed by atoms with E-state index in [1.165, 1.54) is 0 Å². The molecule has 1 aromatic carbocycles. The first kappa shape index (κ1) is 16.7. The molecule has 0 aliphatic carbocycles. The van der Waals surface area contributed by atoms with Gasteiger partial charge in [-0.3, -0.25) is 5.32 Å². The number of anilines is 2. The summed E-state index contributed by atoms with van der Waals surface area (Å²) >= 11 is 0. The average molecular weight is 314 g/mol. The molecule has 2 rings (SSSR count). The molecule has 0 spiro atoms. The highest BCUT2D eigenvalue weighted by molar-refractivity contribution is 5.85. The van der Waals surface area contributed by atoms with Gasteiger partial charge in [-0.15, -0.1) is 0 Å². The second-order valence-corrected chi connectivity index (χ2v) is 6.16. The number of carbonyl (C=O) groups is 1. The van der Waals surface area contributed by atoms with Crippen LogP contribution >= 0.6 is 0 Å². The zero-order valence-electron chi connectivity index (χ0n) is 13.9. The van der Waals surface area contributed by atoms with Gasteiger partial charge in [-0.2, -0.15) is 0 Å². The van der Waals surface area contributed by atoms with Gasteiger partial charge in [0.2, 0.25) is 0 Å². The van der Waals surface area contributed by atoms with E-state index in [4.69, 9.17) is 4.74 Å². The third-order valence-electron chi connectivity index (χ3n) is 2.82. The molecule has 122 valence electrons. The fourth-order valence-electron chi connectivity index (χ4n) is 1.92. The molecule has 0 aliphatic heterocycles. The Kier molecular flexibility index (Phi) is 5.16. The molecular weight excluding hydrogens is 292 g/mol. The van der Waals surface area contributed by atoms with Crippen molar-refractivity contribution in [1.29, 1.82) is 0 Å². The molecule has 0 fully saturated rings. The lowest BCUT2D eigenvalue weighted by atomic mass is 10.2. The zero-order valence-corrected chi connectivity index (χ0v) is 13.9. The van der Waals surface area contributed by atoms with Crippen molar-refractivity contribution in [3.05, 3.63) is 48.0 Å². The fraction of sp³-hybridized carbons (Fsp3) is 0.353. The van der Waals surface area contributed by atoms with Gasteiger partial charge in [-0.05, 0) is 52.0 Å². The van der Waals surface area contributed by atoms with Crippen LogP contribution in [0.3, 0.4) is 0 Å². The monoisotopic (exact) mass is 314 g/mol. The molecule has 0 atom stereocenters. The first-order chi connectivity index (χ1) is 10.8. The molecule has 0 aliphatic rings. The molecule has 2 aromatic rings. The molecule has 1 amide bonds. The van der Waals surface area contributed by atoms with Crippen molar-refractivity contribution >= 4 is 17.5 Å². The standard InChI is InChI=1S/C17H22N4O2/c1-12-18-9-8-15(20-12)11-19-13-6-5-7-14(10-13)21-16(22)23-17(2,3)4/h5-10,19H,11H2,1-4H3,(H,21,22). The number of aryl methyl sites for hydroxylation is 1. The Morgan fingerprint density at radius 2 is 1.96 bits per heavy atom. The van der Waals surface area contributed by atoms with E-state index in [0.29, 0.717) is 12.2 Å². The molecule has 1 aromatic heterocycles. The van der Waals surface area contributed by atoms with Gasteiger partial charge < -0.3 is 10.1 Å². The molecule has 6 heteroatoms. The SMILES string of the molecule is Cc1nccc(CNc2cccc(NC(=O)OC(C)(C)C)c2)n1. The van der Waals surface area contributed by atoms with Crippen LogP contribution in [0.1, 0.15) is 32.3 Å². The quantitative estimate of drug-likeness (QED) is 0.899. The summed E-state index contributed by atoms with van der Waals surface area (Å²) in [7, 11) is 0. The minimum Gasteiger partial charge on any atom is -0.444 e. The Morgan fingerprint density at radius 3 is 2.65 bits per heavy atom. The largest absolute Gasteiger partial charge is 0.444 e. The average Bonchev–Trinajstić information content (AvgIpc) is 2.43. The fourth-order valence-corrected chi connectivity index (χ4v) is 1.92. The van der Waals surface area contributed by atoms with Crippen LogP contribution < -0.4 is 10.6 Å². The first-order valence-electron chi connectivity index (χ1n) is 7.44. The third-order valence-corrected chi connectivity index (χ3v) is 2.82. The van der Waals surface area contributed by atoms with E-state index in [9.17, 15) is 4.79 Å². The molecule has 0 unspecified atom stereocenters. The lowest BCUT2D eigenvalue weighted by Gasteiger charge is -2.19. The van der Waals surface area contributed by atoms with E-state index in [1.807, 2.05) is 58.0 Å². The van der Waals surface area contributed by atoms with E-state index in [2.05, 4.69) is 20.6 Å². The zero-order chi connectivity index (χ0) is 16.9. The van der Waals surface area contributed by atoms with Crippen LogP contribution in [0.2, 0.25) is 0 Å². The van der Waals surface area contributed by atoms with Crippen molar-refractivity contribution in [2.45, 2.75) is 39.8 Å². The van der Waals surface area contributed by atoms with Gasteiger partial charge in [0.05, 0.1) is 12.2 Å². The smallest absolute Gasteiger partial charge is 0.412 e. The summed E-state index contributed by atoms with van der Waals surface area (Å²) in [6, 6.07) is 9.30. The Hall–Kier alpha value is -2.63. The van der Waals surface area contributed by atoms with Crippen molar-refractivity contribution in [2.24, 2.45) is 0 Å². The summed E-state index contributed by atoms with van der Waals surface area (Å²) in [4.78, 5) is 20.2. The number of rotatable bonds is 4. The molecule has 0 bridgehead atoms. The van der Waals surface area contributed by atoms with E-state index in [1.54, 1.807) is 6.20 Å². The molecule has 0 radical (unpaired) electrons. The molecule has 0 saturated carbocycles. The van der Waals surface area contributed by atoms with Gasteiger partial charge in [0.15, 0.2) is 0 Å². The summed E-state index contributed by atoms with van der Waals surface area (Å²) in [5, 5.41) is 5.99. The van der Waals surface area contributed by atoms with Crippen molar-refractivity contribution in [3.63, 3.8) is 0 Å². The number of nitrogens with zero attached hydrogens (tertiary/aromatic N) is 2. The van der Waals surface area contributed by atoms with Crippen LogP contribution in [0, 0.1) is 6.92 Å². The second kappa shape index (κ2) is 7.09. The van der Waals surface area contributed by atoms with Crippen LogP contribution in [-0.2, 0) is 11.3 Å². The highest BCUT2D eigenvalue weighted by Gasteiger charge is 2.16. The maximum Gasteiger partial charge on any atom is 0.412 e.